The zero-order valence-corrected chi connectivity index (χ0v) is 8.84. The Morgan fingerprint density at radius 1 is 1.44 bits per heavy atom. The second-order valence-electron chi connectivity index (χ2n) is 3.59. The van der Waals surface area contributed by atoms with Gasteiger partial charge in [0.05, 0.1) is 11.9 Å². The first-order valence-electron chi connectivity index (χ1n) is 4.94. The van der Waals surface area contributed by atoms with Gasteiger partial charge in [-0.3, -0.25) is 0 Å². The number of aryl methyl sites for hydroxylation is 1. The molecular formula is C11H12FN3O. The molecule has 5 heteroatoms. The fourth-order valence-electron chi connectivity index (χ4n) is 1.58. The molecule has 16 heavy (non-hydrogen) atoms. The van der Waals surface area contributed by atoms with E-state index in [-0.39, 0.29) is 12.2 Å². The van der Waals surface area contributed by atoms with Gasteiger partial charge in [-0.15, -0.1) is 5.10 Å². The van der Waals surface area contributed by atoms with Crippen LogP contribution < -0.4 is 0 Å². The number of halogens is 1. The summed E-state index contributed by atoms with van der Waals surface area (Å²) in [5.41, 5.74) is 1.06. The van der Waals surface area contributed by atoms with Gasteiger partial charge in [-0.2, -0.15) is 0 Å². The van der Waals surface area contributed by atoms with Gasteiger partial charge in [0.2, 0.25) is 0 Å². The highest BCUT2D eigenvalue weighted by molar-refractivity contribution is 5.19. The highest BCUT2D eigenvalue weighted by atomic mass is 19.1. The molecule has 1 N–H and O–H groups in total. The standard InChI is InChI=1S/C11H12FN3O/c1-15-10(7-13-14-15)11(16)6-8-4-2-3-5-9(8)12/h2-5,7,11,16H,6H2,1H3. The molecule has 0 saturated heterocycles. The first kappa shape index (κ1) is 10.8. The number of rotatable bonds is 3. The molecule has 0 saturated carbocycles. The Morgan fingerprint density at radius 2 is 2.19 bits per heavy atom. The lowest BCUT2D eigenvalue weighted by atomic mass is 10.1. The molecule has 0 aliphatic carbocycles. The number of nitrogens with zero attached hydrogens (tertiary/aromatic N) is 3. The van der Waals surface area contributed by atoms with E-state index in [2.05, 4.69) is 10.3 Å². The maximum absolute atomic E-state index is 13.3. The van der Waals surface area contributed by atoms with Crippen molar-refractivity contribution in [3.63, 3.8) is 0 Å². The Hall–Kier alpha value is -1.75. The molecule has 4 nitrogen and oxygen atoms in total. The normalized spacial score (nSPS) is 12.7. The van der Waals surface area contributed by atoms with Crippen molar-refractivity contribution in [2.45, 2.75) is 12.5 Å². The van der Waals surface area contributed by atoms with Crippen molar-refractivity contribution in [1.82, 2.24) is 15.0 Å². The van der Waals surface area contributed by atoms with Crippen LogP contribution in [0.1, 0.15) is 17.4 Å². The Balaban J connectivity index is 2.17. The molecule has 0 amide bonds. The van der Waals surface area contributed by atoms with E-state index in [0.29, 0.717) is 11.3 Å². The fourth-order valence-corrected chi connectivity index (χ4v) is 1.58. The molecule has 1 unspecified atom stereocenters. The van der Waals surface area contributed by atoms with Crippen molar-refractivity contribution in [3.8, 4) is 0 Å². The minimum atomic E-state index is -0.795. The summed E-state index contributed by atoms with van der Waals surface area (Å²) < 4.78 is 14.8. The van der Waals surface area contributed by atoms with Gasteiger partial charge in [0.15, 0.2) is 0 Å². The molecule has 0 aliphatic heterocycles. The number of benzene rings is 1. The first-order chi connectivity index (χ1) is 7.68. The molecule has 2 rings (SSSR count). The fraction of sp³-hybridized carbons (Fsp3) is 0.273. The van der Waals surface area contributed by atoms with Crippen molar-refractivity contribution in [2.24, 2.45) is 7.05 Å². The topological polar surface area (TPSA) is 50.9 Å². The van der Waals surface area contributed by atoms with Crippen molar-refractivity contribution in [3.05, 3.63) is 47.5 Å². The van der Waals surface area contributed by atoms with E-state index in [1.165, 1.54) is 16.9 Å². The third-order valence-electron chi connectivity index (χ3n) is 2.46. The summed E-state index contributed by atoms with van der Waals surface area (Å²) in [6.07, 6.45) is 0.899. The zero-order chi connectivity index (χ0) is 11.5. The predicted octanol–water partition coefficient (Wildman–Crippen LogP) is 1.23. The molecule has 1 heterocycles. The molecule has 1 atom stereocenters. The Bertz CT molecular complexity index is 484. The van der Waals surface area contributed by atoms with Gasteiger partial charge >= 0.3 is 0 Å². The molecule has 1 aromatic heterocycles. The summed E-state index contributed by atoms with van der Waals surface area (Å²) in [6, 6.07) is 6.40. The molecule has 0 aliphatic rings. The average Bonchev–Trinajstić information content (AvgIpc) is 2.68. The molecule has 0 spiro atoms. The van der Waals surface area contributed by atoms with Gasteiger partial charge in [-0.1, -0.05) is 23.4 Å². The summed E-state index contributed by atoms with van der Waals surface area (Å²) in [7, 11) is 1.69. The van der Waals surface area contributed by atoms with Crippen LogP contribution in [0.5, 0.6) is 0 Å². The molecule has 1 aromatic carbocycles. The lowest BCUT2D eigenvalue weighted by Gasteiger charge is -2.10. The van der Waals surface area contributed by atoms with E-state index in [1.54, 1.807) is 25.2 Å². The van der Waals surface area contributed by atoms with Gasteiger partial charge in [0, 0.05) is 13.5 Å². The van der Waals surface area contributed by atoms with E-state index in [1.807, 2.05) is 0 Å². The van der Waals surface area contributed by atoms with Crippen LogP contribution in [0.3, 0.4) is 0 Å². The highest BCUT2D eigenvalue weighted by Crippen LogP contribution is 2.18. The number of hydrogen-bond donors (Lipinski definition) is 1. The summed E-state index contributed by atoms with van der Waals surface area (Å²) >= 11 is 0. The predicted molar refractivity (Wildman–Crippen MR) is 56.1 cm³/mol. The van der Waals surface area contributed by atoms with Crippen LogP contribution in [0.25, 0.3) is 0 Å². The summed E-state index contributed by atoms with van der Waals surface area (Å²) in [5, 5.41) is 17.3. The van der Waals surface area contributed by atoms with Crippen LogP contribution in [0.2, 0.25) is 0 Å². The van der Waals surface area contributed by atoms with Gasteiger partial charge in [0.25, 0.3) is 0 Å². The van der Waals surface area contributed by atoms with Gasteiger partial charge < -0.3 is 5.11 Å². The summed E-state index contributed by atoms with van der Waals surface area (Å²) in [4.78, 5) is 0. The quantitative estimate of drug-likeness (QED) is 0.848. The number of aromatic nitrogens is 3. The molecule has 0 bridgehead atoms. The van der Waals surface area contributed by atoms with Crippen LogP contribution in [0, 0.1) is 5.82 Å². The smallest absolute Gasteiger partial charge is 0.126 e. The maximum atomic E-state index is 13.3. The zero-order valence-electron chi connectivity index (χ0n) is 8.84. The second kappa shape index (κ2) is 4.40. The van der Waals surface area contributed by atoms with Crippen LogP contribution in [-0.4, -0.2) is 20.1 Å². The van der Waals surface area contributed by atoms with Gasteiger partial charge in [-0.05, 0) is 11.6 Å². The van der Waals surface area contributed by atoms with Crippen LogP contribution in [0.15, 0.2) is 30.5 Å². The largest absolute Gasteiger partial charge is 0.386 e. The summed E-state index contributed by atoms with van der Waals surface area (Å²) in [5.74, 6) is -0.309. The van der Waals surface area contributed by atoms with E-state index < -0.39 is 6.10 Å². The Labute approximate surface area is 92.3 Å². The lowest BCUT2D eigenvalue weighted by molar-refractivity contribution is 0.167. The SMILES string of the molecule is Cn1nncc1C(O)Cc1ccccc1F. The first-order valence-corrected chi connectivity index (χ1v) is 4.94. The van der Waals surface area contributed by atoms with Crippen LogP contribution >= 0.6 is 0 Å². The molecule has 84 valence electrons. The number of aliphatic hydroxyl groups excluding tert-OH is 1. The Kier molecular flexibility index (Phi) is 2.96. The molecular weight excluding hydrogens is 209 g/mol. The van der Waals surface area contributed by atoms with E-state index in [9.17, 15) is 9.50 Å². The van der Waals surface area contributed by atoms with E-state index in [4.69, 9.17) is 0 Å². The van der Waals surface area contributed by atoms with E-state index >= 15 is 0 Å². The summed E-state index contributed by atoms with van der Waals surface area (Å²) in [6.45, 7) is 0. The third-order valence-corrected chi connectivity index (χ3v) is 2.46. The van der Waals surface area contributed by atoms with Crippen molar-refractivity contribution < 1.29 is 9.50 Å². The molecule has 0 radical (unpaired) electrons. The minimum absolute atomic E-state index is 0.216. The Morgan fingerprint density at radius 3 is 2.81 bits per heavy atom. The van der Waals surface area contributed by atoms with Crippen LogP contribution in [0.4, 0.5) is 4.39 Å². The van der Waals surface area contributed by atoms with Crippen LogP contribution in [-0.2, 0) is 13.5 Å². The maximum Gasteiger partial charge on any atom is 0.126 e. The molecule has 2 aromatic rings. The number of hydrogen-bond acceptors (Lipinski definition) is 3. The van der Waals surface area contributed by atoms with Crippen molar-refractivity contribution in [2.75, 3.05) is 0 Å². The lowest BCUT2D eigenvalue weighted by Crippen LogP contribution is -2.08. The number of aliphatic hydroxyl groups is 1. The molecule has 0 fully saturated rings. The van der Waals surface area contributed by atoms with Gasteiger partial charge in [-0.25, -0.2) is 9.07 Å². The van der Waals surface area contributed by atoms with Gasteiger partial charge in [0.1, 0.15) is 11.9 Å². The van der Waals surface area contributed by atoms with Crippen molar-refractivity contribution >= 4 is 0 Å². The van der Waals surface area contributed by atoms with E-state index in [0.717, 1.165) is 0 Å². The monoisotopic (exact) mass is 221 g/mol. The third kappa shape index (κ3) is 2.09. The highest BCUT2D eigenvalue weighted by Gasteiger charge is 2.14. The second-order valence-corrected chi connectivity index (χ2v) is 3.59. The van der Waals surface area contributed by atoms with Crippen molar-refractivity contribution in [1.29, 1.82) is 0 Å². The minimum Gasteiger partial charge on any atom is -0.386 e. The average molecular weight is 221 g/mol.